The molecule has 0 amide bonds. The molecule has 0 unspecified atom stereocenters. The third-order valence-electron chi connectivity index (χ3n) is 4.08. The van der Waals surface area contributed by atoms with Crippen molar-refractivity contribution in [2.45, 2.75) is 13.8 Å². The quantitative estimate of drug-likeness (QED) is 0.850. The van der Waals surface area contributed by atoms with E-state index in [-0.39, 0.29) is 0 Å². The fourth-order valence-electron chi connectivity index (χ4n) is 2.74. The number of anilines is 3. The summed E-state index contributed by atoms with van der Waals surface area (Å²) in [6.07, 6.45) is 0. The van der Waals surface area contributed by atoms with Gasteiger partial charge in [-0.15, -0.1) is 0 Å². The molecule has 2 N–H and O–H groups in total. The number of morpholine rings is 1. The molecule has 6 heteroatoms. The Labute approximate surface area is 143 Å². The number of rotatable bonds is 6. The van der Waals surface area contributed by atoms with E-state index in [1.54, 1.807) is 0 Å². The lowest BCUT2D eigenvalue weighted by Gasteiger charge is -2.26. The summed E-state index contributed by atoms with van der Waals surface area (Å²) in [6.45, 7) is 9.52. The predicted molar refractivity (Wildman–Crippen MR) is 97.0 cm³/mol. The fourth-order valence-corrected chi connectivity index (χ4v) is 2.74. The van der Waals surface area contributed by atoms with E-state index >= 15 is 0 Å². The van der Waals surface area contributed by atoms with E-state index < -0.39 is 0 Å². The average Bonchev–Trinajstić information content (AvgIpc) is 2.57. The number of nitrogens with zero attached hydrogens (tertiary/aromatic N) is 3. The van der Waals surface area contributed by atoms with Crippen molar-refractivity contribution in [1.82, 2.24) is 14.9 Å². The Morgan fingerprint density at radius 1 is 1.08 bits per heavy atom. The molecule has 0 atom stereocenters. The predicted octanol–water partition coefficient (Wildman–Crippen LogP) is 2.58. The second kappa shape index (κ2) is 8.08. The molecule has 0 spiro atoms. The summed E-state index contributed by atoms with van der Waals surface area (Å²) in [5.74, 6) is 2.42. The molecule has 1 fully saturated rings. The number of hydrogen-bond donors (Lipinski definition) is 2. The molecule has 0 radical (unpaired) electrons. The normalized spacial score (nSPS) is 15.2. The maximum atomic E-state index is 5.37. The van der Waals surface area contributed by atoms with Gasteiger partial charge in [0, 0.05) is 37.9 Å². The van der Waals surface area contributed by atoms with Gasteiger partial charge in [-0.2, -0.15) is 0 Å². The van der Waals surface area contributed by atoms with Crippen LogP contribution < -0.4 is 10.6 Å². The van der Waals surface area contributed by atoms with Crippen molar-refractivity contribution in [3.05, 3.63) is 41.7 Å². The smallest absolute Gasteiger partial charge is 0.136 e. The molecule has 1 saturated heterocycles. The Morgan fingerprint density at radius 3 is 2.62 bits per heavy atom. The van der Waals surface area contributed by atoms with Crippen LogP contribution in [0.3, 0.4) is 0 Å². The lowest BCUT2D eigenvalue weighted by atomic mass is 10.2. The molecule has 1 aromatic heterocycles. The number of aromatic nitrogens is 2. The third kappa shape index (κ3) is 4.66. The van der Waals surface area contributed by atoms with Gasteiger partial charge in [-0.25, -0.2) is 9.97 Å². The molecule has 3 rings (SSSR count). The Bertz CT molecular complexity index is 670. The molecule has 2 heterocycles. The first-order valence-corrected chi connectivity index (χ1v) is 8.43. The Hall–Kier alpha value is -2.18. The average molecular weight is 327 g/mol. The van der Waals surface area contributed by atoms with Crippen molar-refractivity contribution in [2.24, 2.45) is 0 Å². The van der Waals surface area contributed by atoms with Crippen LogP contribution in [0.5, 0.6) is 0 Å². The number of ether oxygens (including phenoxy) is 1. The maximum absolute atomic E-state index is 5.37. The van der Waals surface area contributed by atoms with Crippen LogP contribution in [0, 0.1) is 13.8 Å². The molecule has 2 aromatic rings. The van der Waals surface area contributed by atoms with E-state index in [4.69, 9.17) is 4.74 Å². The van der Waals surface area contributed by atoms with Crippen LogP contribution in [-0.2, 0) is 4.74 Å². The number of aryl methyl sites for hydroxylation is 2. The highest BCUT2D eigenvalue weighted by Crippen LogP contribution is 2.20. The molecule has 1 aromatic carbocycles. The summed E-state index contributed by atoms with van der Waals surface area (Å²) in [5, 5.41) is 6.78. The lowest BCUT2D eigenvalue weighted by molar-refractivity contribution is 0.0398. The first-order valence-electron chi connectivity index (χ1n) is 8.43. The van der Waals surface area contributed by atoms with Gasteiger partial charge in [-0.3, -0.25) is 4.90 Å². The summed E-state index contributed by atoms with van der Waals surface area (Å²) in [5.41, 5.74) is 2.26. The van der Waals surface area contributed by atoms with Crippen LogP contribution in [0.2, 0.25) is 0 Å². The monoisotopic (exact) mass is 327 g/mol. The van der Waals surface area contributed by atoms with Gasteiger partial charge in [0.25, 0.3) is 0 Å². The molecule has 1 aliphatic heterocycles. The minimum atomic E-state index is 0.752. The summed E-state index contributed by atoms with van der Waals surface area (Å²) in [4.78, 5) is 11.4. The van der Waals surface area contributed by atoms with Gasteiger partial charge in [-0.1, -0.05) is 18.2 Å². The van der Waals surface area contributed by atoms with E-state index in [0.717, 1.165) is 62.5 Å². The van der Waals surface area contributed by atoms with Gasteiger partial charge in [0.2, 0.25) is 0 Å². The minimum absolute atomic E-state index is 0.752. The number of nitrogens with one attached hydrogen (secondary N) is 2. The molecule has 0 saturated carbocycles. The number of benzene rings is 1. The van der Waals surface area contributed by atoms with Crippen molar-refractivity contribution >= 4 is 17.3 Å². The van der Waals surface area contributed by atoms with Crippen LogP contribution in [0.4, 0.5) is 17.3 Å². The van der Waals surface area contributed by atoms with Crippen LogP contribution in [0.1, 0.15) is 11.4 Å². The molecule has 24 heavy (non-hydrogen) atoms. The van der Waals surface area contributed by atoms with Crippen LogP contribution in [-0.4, -0.2) is 54.3 Å². The van der Waals surface area contributed by atoms with Crippen LogP contribution >= 0.6 is 0 Å². The van der Waals surface area contributed by atoms with Crippen molar-refractivity contribution < 1.29 is 4.74 Å². The first-order chi connectivity index (χ1) is 11.7. The largest absolute Gasteiger partial charge is 0.379 e. The number of para-hydroxylation sites is 1. The summed E-state index contributed by atoms with van der Waals surface area (Å²) >= 11 is 0. The van der Waals surface area contributed by atoms with Crippen molar-refractivity contribution in [3.8, 4) is 0 Å². The Kier molecular flexibility index (Phi) is 5.61. The highest BCUT2D eigenvalue weighted by atomic mass is 16.5. The molecule has 0 aliphatic carbocycles. The minimum Gasteiger partial charge on any atom is -0.379 e. The van der Waals surface area contributed by atoms with Gasteiger partial charge in [0.15, 0.2) is 0 Å². The highest BCUT2D eigenvalue weighted by molar-refractivity contribution is 5.62. The third-order valence-corrected chi connectivity index (χ3v) is 4.08. The van der Waals surface area contributed by atoms with Gasteiger partial charge >= 0.3 is 0 Å². The SMILES string of the molecule is Cc1nc(NCCN2CCOCC2)cc(Nc2ccccc2C)n1. The highest BCUT2D eigenvalue weighted by Gasteiger charge is 2.10. The standard InChI is InChI=1S/C18H25N5O/c1-14-5-3-4-6-16(14)22-18-13-17(20-15(2)21-18)19-7-8-23-9-11-24-12-10-23/h3-6,13H,7-12H2,1-2H3,(H2,19,20,21,22). The molecular formula is C18H25N5O. The van der Waals surface area contributed by atoms with Crippen molar-refractivity contribution in [2.75, 3.05) is 50.0 Å². The molecular weight excluding hydrogens is 302 g/mol. The first kappa shape index (κ1) is 16.7. The van der Waals surface area contributed by atoms with Gasteiger partial charge in [0.1, 0.15) is 17.5 Å². The van der Waals surface area contributed by atoms with Crippen molar-refractivity contribution in [1.29, 1.82) is 0 Å². The van der Waals surface area contributed by atoms with Gasteiger partial charge in [-0.05, 0) is 25.5 Å². The topological polar surface area (TPSA) is 62.3 Å². The molecule has 128 valence electrons. The van der Waals surface area contributed by atoms with E-state index in [9.17, 15) is 0 Å². The van der Waals surface area contributed by atoms with E-state index in [0.29, 0.717) is 0 Å². The zero-order valence-corrected chi connectivity index (χ0v) is 14.4. The Balaban J connectivity index is 1.60. The van der Waals surface area contributed by atoms with Gasteiger partial charge in [0.05, 0.1) is 13.2 Å². The summed E-state index contributed by atoms with van der Waals surface area (Å²) in [6, 6.07) is 10.1. The van der Waals surface area contributed by atoms with Crippen molar-refractivity contribution in [3.63, 3.8) is 0 Å². The zero-order valence-electron chi connectivity index (χ0n) is 14.4. The molecule has 0 bridgehead atoms. The zero-order chi connectivity index (χ0) is 16.8. The van der Waals surface area contributed by atoms with Crippen LogP contribution in [0.15, 0.2) is 30.3 Å². The van der Waals surface area contributed by atoms with E-state index in [1.807, 2.05) is 25.1 Å². The van der Waals surface area contributed by atoms with E-state index in [1.165, 1.54) is 5.56 Å². The van der Waals surface area contributed by atoms with Crippen LogP contribution in [0.25, 0.3) is 0 Å². The number of hydrogen-bond acceptors (Lipinski definition) is 6. The molecule has 1 aliphatic rings. The van der Waals surface area contributed by atoms with E-state index in [2.05, 4.69) is 44.6 Å². The summed E-state index contributed by atoms with van der Waals surface area (Å²) in [7, 11) is 0. The fraction of sp³-hybridized carbons (Fsp3) is 0.444. The second-order valence-electron chi connectivity index (χ2n) is 6.01. The van der Waals surface area contributed by atoms with Gasteiger partial charge < -0.3 is 15.4 Å². The Morgan fingerprint density at radius 2 is 1.83 bits per heavy atom. The summed E-state index contributed by atoms with van der Waals surface area (Å²) < 4.78 is 5.37. The second-order valence-corrected chi connectivity index (χ2v) is 6.01. The maximum Gasteiger partial charge on any atom is 0.136 e. The lowest BCUT2D eigenvalue weighted by Crippen LogP contribution is -2.39. The molecule has 6 nitrogen and oxygen atoms in total.